The van der Waals surface area contributed by atoms with Crippen LogP contribution in [0.5, 0.6) is 5.75 Å². The molecule has 0 aliphatic carbocycles. The van der Waals surface area contributed by atoms with Gasteiger partial charge in [0.25, 0.3) is 5.56 Å². The van der Waals surface area contributed by atoms with Crippen molar-refractivity contribution in [2.45, 2.75) is 26.1 Å². The molecule has 1 N–H and O–H groups in total. The number of fused-ring (bicyclic) bond motifs is 1. The molecule has 0 amide bonds. The van der Waals surface area contributed by atoms with Gasteiger partial charge in [0.2, 0.25) is 0 Å². The number of halogens is 3. The van der Waals surface area contributed by atoms with Crippen LogP contribution in [0.2, 0.25) is 0 Å². The molecular weight excluding hydrogens is 495 g/mol. The smallest absolute Gasteiger partial charge is 0.416 e. The molecule has 0 saturated heterocycles. The van der Waals surface area contributed by atoms with Crippen LogP contribution >= 0.6 is 11.3 Å². The van der Waals surface area contributed by atoms with E-state index in [0.29, 0.717) is 21.8 Å². The number of thiazole rings is 1. The van der Waals surface area contributed by atoms with E-state index in [1.807, 2.05) is 0 Å². The Morgan fingerprint density at radius 1 is 1.22 bits per heavy atom. The van der Waals surface area contributed by atoms with Crippen LogP contribution in [0.25, 0.3) is 6.20 Å². The number of hydrogen-bond donors (Lipinski definition) is 1. The monoisotopic (exact) mass is 517 g/mol. The molecule has 0 fully saturated rings. The van der Waals surface area contributed by atoms with Gasteiger partial charge in [-0.1, -0.05) is 29.5 Å². The summed E-state index contributed by atoms with van der Waals surface area (Å²) in [6.45, 7) is 3.49. The number of esters is 1. The SMILES string of the molecule is CCOC(=O)C1=C(C)N=c2s/c(=C\Nc3cccc(C(F)(F)F)c3)c(=O)n2[C@@H]1c1cccc(OC)c1. The minimum absolute atomic E-state index is 0.145. The maximum atomic E-state index is 13.5. The number of nitrogens with zero attached hydrogens (tertiary/aromatic N) is 2. The van der Waals surface area contributed by atoms with Crippen LogP contribution in [0.4, 0.5) is 18.9 Å². The molecule has 188 valence electrons. The summed E-state index contributed by atoms with van der Waals surface area (Å²) >= 11 is 1.06. The standard InChI is InChI=1S/C25H22F3N3O4S/c1-4-35-23(33)20-14(2)30-24-31(21(20)15-7-5-10-18(11-15)34-3)22(32)19(36-24)13-29-17-9-6-8-16(12-17)25(26,27)28/h5-13,21,29H,4H2,1-3H3/b19-13-/t21-/m1/s1. The molecule has 3 aromatic rings. The summed E-state index contributed by atoms with van der Waals surface area (Å²) in [6, 6.07) is 10.8. The lowest BCUT2D eigenvalue weighted by Crippen LogP contribution is -2.40. The van der Waals surface area contributed by atoms with Crippen molar-refractivity contribution in [1.29, 1.82) is 0 Å². The molecule has 0 radical (unpaired) electrons. The van der Waals surface area contributed by atoms with E-state index < -0.39 is 29.3 Å². The number of hydrogen-bond acceptors (Lipinski definition) is 7. The Hall–Kier alpha value is -3.86. The third-order valence-corrected chi connectivity index (χ3v) is 6.47. The molecule has 36 heavy (non-hydrogen) atoms. The highest BCUT2D eigenvalue weighted by Gasteiger charge is 2.33. The van der Waals surface area contributed by atoms with Crippen molar-refractivity contribution in [2.24, 2.45) is 4.99 Å². The zero-order valence-corrected chi connectivity index (χ0v) is 20.4. The van der Waals surface area contributed by atoms with Crippen LogP contribution in [-0.4, -0.2) is 24.3 Å². The van der Waals surface area contributed by atoms with Gasteiger partial charge >= 0.3 is 12.1 Å². The summed E-state index contributed by atoms with van der Waals surface area (Å²) in [7, 11) is 1.51. The number of benzene rings is 2. The van der Waals surface area contributed by atoms with Crippen molar-refractivity contribution >= 4 is 29.2 Å². The summed E-state index contributed by atoms with van der Waals surface area (Å²) in [6.07, 6.45) is -3.15. The van der Waals surface area contributed by atoms with Crippen molar-refractivity contribution < 1.29 is 27.4 Å². The number of anilines is 1. The van der Waals surface area contributed by atoms with Gasteiger partial charge < -0.3 is 14.8 Å². The molecule has 11 heteroatoms. The van der Waals surface area contributed by atoms with E-state index in [4.69, 9.17) is 9.47 Å². The molecule has 1 atom stereocenters. The van der Waals surface area contributed by atoms with Gasteiger partial charge in [-0.3, -0.25) is 9.36 Å². The molecule has 7 nitrogen and oxygen atoms in total. The molecule has 0 saturated carbocycles. The van der Waals surface area contributed by atoms with Crippen LogP contribution < -0.4 is 24.9 Å². The fourth-order valence-electron chi connectivity index (χ4n) is 3.85. The number of ether oxygens (including phenoxy) is 2. The molecule has 2 heterocycles. The Labute approximate surface area is 207 Å². The zero-order chi connectivity index (χ0) is 26.0. The molecule has 0 unspecified atom stereocenters. The molecule has 1 aliphatic heterocycles. The number of methoxy groups -OCH3 is 1. The number of rotatable bonds is 6. The van der Waals surface area contributed by atoms with E-state index in [1.54, 1.807) is 38.1 Å². The van der Waals surface area contributed by atoms with Gasteiger partial charge in [0, 0.05) is 11.9 Å². The van der Waals surface area contributed by atoms with Gasteiger partial charge in [0.05, 0.1) is 36.6 Å². The first-order valence-corrected chi connectivity index (χ1v) is 11.7. The fraction of sp³-hybridized carbons (Fsp3) is 0.240. The van der Waals surface area contributed by atoms with Crippen molar-refractivity contribution in [1.82, 2.24) is 4.57 Å². The van der Waals surface area contributed by atoms with Gasteiger partial charge in [-0.05, 0) is 49.7 Å². The minimum Gasteiger partial charge on any atom is -0.497 e. The highest BCUT2D eigenvalue weighted by Crippen LogP contribution is 2.32. The van der Waals surface area contributed by atoms with Gasteiger partial charge in [-0.2, -0.15) is 13.2 Å². The summed E-state index contributed by atoms with van der Waals surface area (Å²) in [5.74, 6) is -0.0540. The van der Waals surface area contributed by atoms with Gasteiger partial charge in [-0.15, -0.1) is 0 Å². The maximum Gasteiger partial charge on any atom is 0.416 e. The highest BCUT2D eigenvalue weighted by molar-refractivity contribution is 7.07. The average molecular weight is 518 g/mol. The third kappa shape index (κ3) is 4.92. The van der Waals surface area contributed by atoms with Crippen LogP contribution in [0, 0.1) is 0 Å². The quantitative estimate of drug-likeness (QED) is 0.503. The molecule has 4 rings (SSSR count). The lowest BCUT2D eigenvalue weighted by molar-refractivity contribution is -0.139. The number of nitrogens with one attached hydrogen (secondary N) is 1. The predicted octanol–water partition coefficient (Wildman–Crippen LogP) is 3.85. The number of carbonyl (C=O) groups excluding carboxylic acids is 1. The predicted molar refractivity (Wildman–Crippen MR) is 129 cm³/mol. The molecule has 1 aliphatic rings. The lowest BCUT2D eigenvalue weighted by atomic mass is 9.95. The van der Waals surface area contributed by atoms with Crippen LogP contribution in [-0.2, 0) is 15.7 Å². The first-order chi connectivity index (χ1) is 17.1. The van der Waals surface area contributed by atoms with E-state index in [2.05, 4.69) is 10.3 Å². The highest BCUT2D eigenvalue weighted by atomic mass is 32.1. The molecule has 0 spiro atoms. The minimum atomic E-state index is -4.49. The topological polar surface area (TPSA) is 81.9 Å². The third-order valence-electron chi connectivity index (χ3n) is 5.49. The lowest BCUT2D eigenvalue weighted by Gasteiger charge is -2.24. The van der Waals surface area contributed by atoms with Crippen LogP contribution in [0.1, 0.15) is 31.0 Å². The van der Waals surface area contributed by atoms with Crippen molar-refractivity contribution in [3.8, 4) is 5.75 Å². The molecule has 2 aromatic carbocycles. The van der Waals surface area contributed by atoms with E-state index in [-0.39, 0.29) is 22.4 Å². The average Bonchev–Trinajstić information content (AvgIpc) is 3.16. The normalized spacial score (nSPS) is 15.8. The van der Waals surface area contributed by atoms with Gasteiger partial charge in [0.15, 0.2) is 4.80 Å². The van der Waals surface area contributed by atoms with Crippen LogP contribution in [0.15, 0.2) is 69.6 Å². The molecule has 1 aromatic heterocycles. The summed E-state index contributed by atoms with van der Waals surface area (Å²) < 4.78 is 51.3. The Morgan fingerprint density at radius 3 is 2.67 bits per heavy atom. The number of aromatic nitrogens is 1. The first kappa shape index (κ1) is 25.2. The molecule has 0 bridgehead atoms. The largest absolute Gasteiger partial charge is 0.497 e. The number of allylic oxidation sites excluding steroid dienone is 1. The zero-order valence-electron chi connectivity index (χ0n) is 19.6. The Morgan fingerprint density at radius 2 is 1.97 bits per heavy atom. The maximum absolute atomic E-state index is 13.5. The van der Waals surface area contributed by atoms with Crippen molar-refractivity contribution in [3.05, 3.63) is 90.6 Å². The van der Waals surface area contributed by atoms with E-state index in [9.17, 15) is 22.8 Å². The summed E-state index contributed by atoms with van der Waals surface area (Å²) in [5, 5.41) is 2.77. The van der Waals surface area contributed by atoms with Crippen molar-refractivity contribution in [3.63, 3.8) is 0 Å². The molecular formula is C25H22F3N3O4S. The van der Waals surface area contributed by atoms with Crippen molar-refractivity contribution in [2.75, 3.05) is 19.0 Å². The van der Waals surface area contributed by atoms with Gasteiger partial charge in [0.1, 0.15) is 10.3 Å². The second-order valence-corrected chi connectivity index (χ2v) is 8.81. The van der Waals surface area contributed by atoms with E-state index in [1.165, 1.54) is 30.0 Å². The first-order valence-electron chi connectivity index (χ1n) is 10.9. The Balaban J connectivity index is 1.84. The van der Waals surface area contributed by atoms with Crippen LogP contribution in [0.3, 0.4) is 0 Å². The second kappa shape index (κ2) is 10.0. The number of carbonyl (C=O) groups is 1. The summed E-state index contributed by atoms with van der Waals surface area (Å²) in [5.41, 5.74) is 0.138. The summed E-state index contributed by atoms with van der Waals surface area (Å²) in [4.78, 5) is 31.2. The van der Waals surface area contributed by atoms with E-state index >= 15 is 0 Å². The number of alkyl halides is 3. The van der Waals surface area contributed by atoms with Gasteiger partial charge in [-0.25, -0.2) is 9.79 Å². The van der Waals surface area contributed by atoms with E-state index in [0.717, 1.165) is 23.5 Å². The second-order valence-electron chi connectivity index (χ2n) is 7.80. The Kier molecular flexibility index (Phi) is 7.02. The Bertz CT molecular complexity index is 1520. The fourth-order valence-corrected chi connectivity index (χ4v) is 4.82.